The van der Waals surface area contributed by atoms with Gasteiger partial charge in [0.05, 0.1) is 5.60 Å². The van der Waals surface area contributed by atoms with E-state index in [1.165, 1.54) is 76.1 Å². The zero-order chi connectivity index (χ0) is 14.5. The maximum atomic E-state index is 6.25. The van der Waals surface area contributed by atoms with Crippen LogP contribution in [0.2, 0.25) is 0 Å². The molecule has 1 atom stereocenters. The summed E-state index contributed by atoms with van der Waals surface area (Å²) in [4.78, 5) is 2.79. The number of piperidine rings is 1. The second-order valence-corrected chi connectivity index (χ2v) is 8.39. The van der Waals surface area contributed by atoms with E-state index in [4.69, 9.17) is 4.74 Å². The van der Waals surface area contributed by atoms with Crippen molar-refractivity contribution < 1.29 is 4.74 Å². The van der Waals surface area contributed by atoms with Crippen LogP contribution in [0.1, 0.15) is 44.9 Å². The standard InChI is InChI=1S/C17H32N2OS/c1-18-8-2-15-3-9-19(10-4-15)16-5-11-20-17(14-16)6-12-21-13-7-17/h15-16,18H,2-14H2,1H3. The van der Waals surface area contributed by atoms with Gasteiger partial charge in [-0.1, -0.05) is 0 Å². The summed E-state index contributed by atoms with van der Waals surface area (Å²) in [6.07, 6.45) is 9.30. The molecule has 0 aromatic heterocycles. The normalized spacial score (nSPS) is 31.6. The van der Waals surface area contributed by atoms with E-state index < -0.39 is 0 Å². The lowest BCUT2D eigenvalue weighted by molar-refractivity contribution is -0.113. The Labute approximate surface area is 134 Å². The highest BCUT2D eigenvalue weighted by Crippen LogP contribution is 2.39. The Kier molecular flexibility index (Phi) is 5.88. The largest absolute Gasteiger partial charge is 0.375 e. The Morgan fingerprint density at radius 2 is 1.95 bits per heavy atom. The summed E-state index contributed by atoms with van der Waals surface area (Å²) in [6.45, 7) is 4.82. The molecule has 0 aliphatic carbocycles. The lowest BCUT2D eigenvalue weighted by atomic mass is 9.83. The molecule has 1 spiro atoms. The molecule has 122 valence electrons. The van der Waals surface area contributed by atoms with Crippen LogP contribution < -0.4 is 5.32 Å². The highest BCUT2D eigenvalue weighted by atomic mass is 32.2. The third kappa shape index (κ3) is 4.15. The van der Waals surface area contributed by atoms with E-state index in [1.807, 2.05) is 0 Å². The third-order valence-electron chi connectivity index (χ3n) is 5.84. The molecule has 0 amide bonds. The third-order valence-corrected chi connectivity index (χ3v) is 6.82. The van der Waals surface area contributed by atoms with E-state index in [1.54, 1.807) is 0 Å². The van der Waals surface area contributed by atoms with Crippen molar-refractivity contribution in [3.05, 3.63) is 0 Å². The van der Waals surface area contributed by atoms with Gasteiger partial charge in [-0.15, -0.1) is 0 Å². The van der Waals surface area contributed by atoms with Crippen molar-refractivity contribution in [2.45, 2.75) is 56.6 Å². The SMILES string of the molecule is CNCCC1CCN(C2CCOC3(CCSCC3)C2)CC1. The number of hydrogen-bond acceptors (Lipinski definition) is 4. The maximum Gasteiger partial charge on any atom is 0.0713 e. The molecule has 0 bridgehead atoms. The van der Waals surface area contributed by atoms with Crippen LogP contribution in [-0.4, -0.2) is 61.3 Å². The minimum absolute atomic E-state index is 0.247. The maximum absolute atomic E-state index is 6.25. The van der Waals surface area contributed by atoms with E-state index in [0.717, 1.165) is 18.6 Å². The second kappa shape index (κ2) is 7.67. The summed E-state index contributed by atoms with van der Waals surface area (Å²) in [5, 5.41) is 3.30. The van der Waals surface area contributed by atoms with Crippen molar-refractivity contribution in [3.63, 3.8) is 0 Å². The molecule has 3 nitrogen and oxygen atoms in total. The molecule has 0 aromatic rings. The Bertz CT molecular complexity index is 306. The first-order valence-corrected chi connectivity index (χ1v) is 10.1. The van der Waals surface area contributed by atoms with Gasteiger partial charge in [0.2, 0.25) is 0 Å². The molecule has 0 radical (unpaired) electrons. The molecule has 21 heavy (non-hydrogen) atoms. The summed E-state index contributed by atoms with van der Waals surface area (Å²) >= 11 is 2.11. The van der Waals surface area contributed by atoms with Crippen LogP contribution in [-0.2, 0) is 4.74 Å². The van der Waals surface area contributed by atoms with Crippen LogP contribution in [0.4, 0.5) is 0 Å². The topological polar surface area (TPSA) is 24.5 Å². The van der Waals surface area contributed by atoms with Crippen LogP contribution in [0, 0.1) is 5.92 Å². The smallest absolute Gasteiger partial charge is 0.0713 e. The van der Waals surface area contributed by atoms with Crippen molar-refractivity contribution in [1.29, 1.82) is 0 Å². The van der Waals surface area contributed by atoms with Gasteiger partial charge in [-0.05, 0) is 89.1 Å². The fraction of sp³-hybridized carbons (Fsp3) is 1.00. The molecule has 1 unspecified atom stereocenters. The molecule has 3 aliphatic rings. The van der Waals surface area contributed by atoms with Crippen molar-refractivity contribution in [1.82, 2.24) is 10.2 Å². The van der Waals surface area contributed by atoms with E-state index >= 15 is 0 Å². The van der Waals surface area contributed by atoms with E-state index in [-0.39, 0.29) is 5.60 Å². The van der Waals surface area contributed by atoms with Gasteiger partial charge in [-0.2, -0.15) is 11.8 Å². The molecule has 3 fully saturated rings. The van der Waals surface area contributed by atoms with Crippen molar-refractivity contribution in [3.8, 4) is 0 Å². The highest BCUT2D eigenvalue weighted by Gasteiger charge is 2.40. The highest BCUT2D eigenvalue weighted by molar-refractivity contribution is 7.99. The van der Waals surface area contributed by atoms with Crippen LogP contribution in [0.3, 0.4) is 0 Å². The average molecular weight is 313 g/mol. The number of ether oxygens (including phenoxy) is 1. The number of rotatable bonds is 4. The van der Waals surface area contributed by atoms with Crippen molar-refractivity contribution in [2.75, 3.05) is 44.8 Å². The number of hydrogen-bond donors (Lipinski definition) is 1. The molecule has 4 heteroatoms. The van der Waals surface area contributed by atoms with Crippen LogP contribution in [0.25, 0.3) is 0 Å². The molecule has 0 aromatic carbocycles. The zero-order valence-electron chi connectivity index (χ0n) is 13.6. The molecule has 3 aliphatic heterocycles. The zero-order valence-corrected chi connectivity index (χ0v) is 14.4. The van der Waals surface area contributed by atoms with Gasteiger partial charge in [0.25, 0.3) is 0 Å². The van der Waals surface area contributed by atoms with Gasteiger partial charge < -0.3 is 15.0 Å². The van der Waals surface area contributed by atoms with Gasteiger partial charge >= 0.3 is 0 Å². The van der Waals surface area contributed by atoms with Crippen LogP contribution >= 0.6 is 11.8 Å². The Morgan fingerprint density at radius 1 is 1.19 bits per heavy atom. The Hall–Kier alpha value is 0.230. The van der Waals surface area contributed by atoms with Gasteiger partial charge in [0.1, 0.15) is 0 Å². The van der Waals surface area contributed by atoms with Gasteiger partial charge in [-0.25, -0.2) is 0 Å². The number of nitrogens with zero attached hydrogens (tertiary/aromatic N) is 1. The van der Waals surface area contributed by atoms with Gasteiger partial charge in [-0.3, -0.25) is 0 Å². The second-order valence-electron chi connectivity index (χ2n) is 7.16. The fourth-order valence-corrected chi connectivity index (χ4v) is 5.60. The predicted octanol–water partition coefficient (Wildman–Crippen LogP) is 2.75. The first-order valence-electron chi connectivity index (χ1n) is 8.92. The molecule has 0 saturated carbocycles. The molecule has 1 N–H and O–H groups in total. The molecular weight excluding hydrogens is 280 g/mol. The Morgan fingerprint density at radius 3 is 2.67 bits per heavy atom. The van der Waals surface area contributed by atoms with E-state index in [9.17, 15) is 0 Å². The minimum Gasteiger partial charge on any atom is -0.375 e. The monoisotopic (exact) mass is 312 g/mol. The van der Waals surface area contributed by atoms with Crippen molar-refractivity contribution in [2.24, 2.45) is 5.92 Å². The van der Waals surface area contributed by atoms with Crippen LogP contribution in [0.15, 0.2) is 0 Å². The minimum atomic E-state index is 0.247. The van der Waals surface area contributed by atoms with Gasteiger partial charge in [0.15, 0.2) is 0 Å². The molecular formula is C17H32N2OS. The molecule has 3 rings (SSSR count). The summed E-state index contributed by atoms with van der Waals surface area (Å²) in [7, 11) is 2.07. The van der Waals surface area contributed by atoms with E-state index in [0.29, 0.717) is 0 Å². The molecule has 3 saturated heterocycles. The quantitative estimate of drug-likeness (QED) is 0.863. The van der Waals surface area contributed by atoms with E-state index in [2.05, 4.69) is 29.0 Å². The fourth-order valence-electron chi connectivity index (χ4n) is 4.36. The lowest BCUT2D eigenvalue weighted by Crippen LogP contribution is -2.52. The molecule has 3 heterocycles. The predicted molar refractivity (Wildman–Crippen MR) is 91.1 cm³/mol. The first kappa shape index (κ1) is 16.1. The number of likely N-dealkylation sites (tertiary alicyclic amines) is 1. The average Bonchev–Trinajstić information content (AvgIpc) is 2.54. The number of nitrogens with one attached hydrogen (secondary N) is 1. The summed E-state index contributed by atoms with van der Waals surface area (Å²) in [5.74, 6) is 3.56. The Balaban J connectivity index is 1.48. The van der Waals surface area contributed by atoms with Gasteiger partial charge in [0, 0.05) is 12.6 Å². The summed E-state index contributed by atoms with van der Waals surface area (Å²) in [6, 6.07) is 0.798. The summed E-state index contributed by atoms with van der Waals surface area (Å²) in [5.41, 5.74) is 0.247. The number of thioether (sulfide) groups is 1. The van der Waals surface area contributed by atoms with Crippen molar-refractivity contribution >= 4 is 11.8 Å². The van der Waals surface area contributed by atoms with Crippen LogP contribution in [0.5, 0.6) is 0 Å². The lowest BCUT2D eigenvalue weighted by Gasteiger charge is -2.48. The summed E-state index contributed by atoms with van der Waals surface area (Å²) < 4.78 is 6.25. The first-order chi connectivity index (χ1) is 10.3.